The Bertz CT molecular complexity index is 155. The average molecular weight is 172 g/mol. The van der Waals surface area contributed by atoms with Crippen molar-refractivity contribution in [3.05, 3.63) is 0 Å². The van der Waals surface area contributed by atoms with Gasteiger partial charge >= 0.3 is 0 Å². The summed E-state index contributed by atoms with van der Waals surface area (Å²) in [5.74, 6) is -0.290. The number of amides is 1. The molecule has 1 aliphatic rings. The molecule has 4 heteroatoms. The lowest BCUT2D eigenvalue weighted by Crippen LogP contribution is -2.46. The van der Waals surface area contributed by atoms with Gasteiger partial charge in [-0.3, -0.25) is 4.79 Å². The molecule has 0 aromatic carbocycles. The fraction of sp³-hybridized carbons (Fsp3) is 0.875. The van der Waals surface area contributed by atoms with Gasteiger partial charge in [-0.25, -0.2) is 0 Å². The Morgan fingerprint density at radius 1 is 1.58 bits per heavy atom. The lowest BCUT2D eigenvalue weighted by Gasteiger charge is -2.25. The standard InChI is InChI=1S/C8H16N2O2/c1-6(8(9)11)10-7-2-4-12-5-3-7/h6-7,10H,2-5H2,1H3,(H2,9,11)/t6-/m1/s1. The van der Waals surface area contributed by atoms with Crippen LogP contribution in [0, 0.1) is 0 Å². The summed E-state index contributed by atoms with van der Waals surface area (Å²) in [5, 5.41) is 3.16. The monoisotopic (exact) mass is 172 g/mol. The van der Waals surface area contributed by atoms with E-state index in [0.717, 1.165) is 26.1 Å². The molecule has 4 nitrogen and oxygen atoms in total. The first-order valence-electron chi connectivity index (χ1n) is 4.33. The Labute approximate surface area is 72.5 Å². The van der Waals surface area contributed by atoms with Crippen LogP contribution in [0.4, 0.5) is 0 Å². The number of ether oxygens (including phenoxy) is 1. The highest BCUT2D eigenvalue weighted by molar-refractivity contribution is 5.79. The number of hydrogen-bond acceptors (Lipinski definition) is 3. The lowest BCUT2D eigenvalue weighted by molar-refractivity contribution is -0.120. The van der Waals surface area contributed by atoms with E-state index in [-0.39, 0.29) is 11.9 Å². The molecule has 1 rings (SSSR count). The molecule has 1 heterocycles. The van der Waals surface area contributed by atoms with Crippen LogP contribution in [0.25, 0.3) is 0 Å². The first-order chi connectivity index (χ1) is 5.70. The molecule has 0 aromatic heterocycles. The van der Waals surface area contributed by atoms with Crippen molar-refractivity contribution in [2.24, 2.45) is 5.73 Å². The zero-order chi connectivity index (χ0) is 8.97. The van der Waals surface area contributed by atoms with Crippen molar-refractivity contribution in [3.8, 4) is 0 Å². The van der Waals surface area contributed by atoms with E-state index in [1.54, 1.807) is 6.92 Å². The highest BCUT2D eigenvalue weighted by Crippen LogP contribution is 2.06. The minimum Gasteiger partial charge on any atom is -0.381 e. The molecule has 1 amide bonds. The van der Waals surface area contributed by atoms with Crippen molar-refractivity contribution >= 4 is 5.91 Å². The number of primary amides is 1. The van der Waals surface area contributed by atoms with Crippen LogP contribution >= 0.6 is 0 Å². The first-order valence-corrected chi connectivity index (χ1v) is 4.33. The van der Waals surface area contributed by atoms with Gasteiger partial charge < -0.3 is 15.8 Å². The van der Waals surface area contributed by atoms with Crippen LogP contribution in [0.5, 0.6) is 0 Å². The molecule has 0 aromatic rings. The molecule has 70 valence electrons. The van der Waals surface area contributed by atoms with Gasteiger partial charge in [0.2, 0.25) is 5.91 Å². The molecule has 1 atom stereocenters. The molecule has 0 bridgehead atoms. The van der Waals surface area contributed by atoms with Gasteiger partial charge in [-0.15, -0.1) is 0 Å². The van der Waals surface area contributed by atoms with E-state index in [4.69, 9.17) is 10.5 Å². The third-order valence-corrected chi connectivity index (χ3v) is 2.13. The van der Waals surface area contributed by atoms with Crippen LogP contribution in [-0.4, -0.2) is 31.2 Å². The van der Waals surface area contributed by atoms with E-state index in [1.165, 1.54) is 0 Å². The molecule has 0 unspecified atom stereocenters. The largest absolute Gasteiger partial charge is 0.381 e. The Morgan fingerprint density at radius 3 is 2.67 bits per heavy atom. The minimum atomic E-state index is -0.290. The topological polar surface area (TPSA) is 64.3 Å². The van der Waals surface area contributed by atoms with Crippen molar-refractivity contribution in [2.45, 2.75) is 31.8 Å². The summed E-state index contributed by atoms with van der Waals surface area (Å²) >= 11 is 0. The van der Waals surface area contributed by atoms with Crippen LogP contribution in [0.1, 0.15) is 19.8 Å². The summed E-state index contributed by atoms with van der Waals surface area (Å²) in [6, 6.07) is 0.161. The fourth-order valence-electron chi connectivity index (χ4n) is 1.30. The molecule has 0 saturated carbocycles. The quantitative estimate of drug-likeness (QED) is 0.610. The van der Waals surface area contributed by atoms with Crippen LogP contribution in [0.2, 0.25) is 0 Å². The highest BCUT2D eigenvalue weighted by atomic mass is 16.5. The van der Waals surface area contributed by atoms with Gasteiger partial charge in [0.05, 0.1) is 6.04 Å². The zero-order valence-corrected chi connectivity index (χ0v) is 7.38. The molecule has 1 saturated heterocycles. The SMILES string of the molecule is C[C@@H](NC1CCOCC1)C(N)=O. The predicted octanol–water partition coefficient (Wildman–Crippen LogP) is -0.371. The number of rotatable bonds is 3. The molecule has 0 spiro atoms. The van der Waals surface area contributed by atoms with Crippen LogP contribution in [-0.2, 0) is 9.53 Å². The van der Waals surface area contributed by atoms with E-state index in [9.17, 15) is 4.79 Å². The van der Waals surface area contributed by atoms with Gasteiger partial charge in [0.1, 0.15) is 0 Å². The van der Waals surface area contributed by atoms with Crippen LogP contribution in [0.3, 0.4) is 0 Å². The van der Waals surface area contributed by atoms with Crippen molar-refractivity contribution in [1.29, 1.82) is 0 Å². The smallest absolute Gasteiger partial charge is 0.234 e. The summed E-state index contributed by atoms with van der Waals surface area (Å²) in [7, 11) is 0. The van der Waals surface area contributed by atoms with Gasteiger partial charge in [0, 0.05) is 19.3 Å². The minimum absolute atomic E-state index is 0.229. The molecular weight excluding hydrogens is 156 g/mol. The molecule has 3 N–H and O–H groups in total. The first kappa shape index (κ1) is 9.48. The molecule has 1 aliphatic heterocycles. The van der Waals surface area contributed by atoms with Gasteiger partial charge in [0.25, 0.3) is 0 Å². The summed E-state index contributed by atoms with van der Waals surface area (Å²) < 4.78 is 5.19. The third kappa shape index (κ3) is 2.79. The summed E-state index contributed by atoms with van der Waals surface area (Å²) in [6.07, 6.45) is 1.94. The summed E-state index contributed by atoms with van der Waals surface area (Å²) in [4.78, 5) is 10.7. The normalized spacial score (nSPS) is 22.1. The number of carbonyl (C=O) groups excluding carboxylic acids is 1. The number of hydrogen-bond donors (Lipinski definition) is 2. The third-order valence-electron chi connectivity index (χ3n) is 2.13. The predicted molar refractivity (Wildman–Crippen MR) is 45.6 cm³/mol. The fourth-order valence-corrected chi connectivity index (χ4v) is 1.30. The maximum Gasteiger partial charge on any atom is 0.234 e. The Kier molecular flexibility index (Phi) is 3.49. The Balaban J connectivity index is 2.24. The zero-order valence-electron chi connectivity index (χ0n) is 7.38. The van der Waals surface area contributed by atoms with Crippen LogP contribution < -0.4 is 11.1 Å². The molecule has 0 aliphatic carbocycles. The van der Waals surface area contributed by atoms with E-state index in [1.807, 2.05) is 0 Å². The molecule has 1 fully saturated rings. The number of carbonyl (C=O) groups is 1. The van der Waals surface area contributed by atoms with Gasteiger partial charge in [0.15, 0.2) is 0 Å². The average Bonchev–Trinajstić information content (AvgIpc) is 2.06. The van der Waals surface area contributed by atoms with Crippen molar-refractivity contribution < 1.29 is 9.53 Å². The Morgan fingerprint density at radius 2 is 2.17 bits per heavy atom. The van der Waals surface area contributed by atoms with E-state index in [0.29, 0.717) is 6.04 Å². The lowest BCUT2D eigenvalue weighted by atomic mass is 10.1. The molecule has 12 heavy (non-hydrogen) atoms. The van der Waals surface area contributed by atoms with Crippen LogP contribution in [0.15, 0.2) is 0 Å². The number of nitrogens with one attached hydrogen (secondary N) is 1. The van der Waals surface area contributed by atoms with E-state index in [2.05, 4.69) is 5.32 Å². The van der Waals surface area contributed by atoms with Crippen molar-refractivity contribution in [2.75, 3.05) is 13.2 Å². The maximum atomic E-state index is 10.7. The highest BCUT2D eigenvalue weighted by Gasteiger charge is 2.17. The summed E-state index contributed by atoms with van der Waals surface area (Å²) in [6.45, 7) is 3.35. The second-order valence-corrected chi connectivity index (χ2v) is 3.18. The Hall–Kier alpha value is -0.610. The van der Waals surface area contributed by atoms with Gasteiger partial charge in [-0.05, 0) is 19.8 Å². The summed E-state index contributed by atoms with van der Waals surface area (Å²) in [5.41, 5.74) is 5.12. The van der Waals surface area contributed by atoms with Crippen molar-refractivity contribution in [1.82, 2.24) is 5.32 Å². The maximum absolute atomic E-state index is 10.7. The van der Waals surface area contributed by atoms with Gasteiger partial charge in [-0.2, -0.15) is 0 Å². The second-order valence-electron chi connectivity index (χ2n) is 3.18. The van der Waals surface area contributed by atoms with Gasteiger partial charge in [-0.1, -0.05) is 0 Å². The molecule has 0 radical (unpaired) electrons. The van der Waals surface area contributed by atoms with E-state index >= 15 is 0 Å². The molecular formula is C8H16N2O2. The second kappa shape index (κ2) is 4.42. The van der Waals surface area contributed by atoms with E-state index < -0.39 is 0 Å². The van der Waals surface area contributed by atoms with Crippen molar-refractivity contribution in [3.63, 3.8) is 0 Å². The number of nitrogens with two attached hydrogens (primary N) is 1.